The molecule has 146 valence electrons. The van der Waals surface area contributed by atoms with Gasteiger partial charge in [-0.1, -0.05) is 30.3 Å². The highest BCUT2D eigenvalue weighted by atomic mass is 35.5. The Morgan fingerprint density at radius 1 is 1.07 bits per heavy atom. The van der Waals surface area contributed by atoms with Gasteiger partial charge in [-0.3, -0.25) is 4.79 Å². The average molecular weight is 389 g/mol. The number of halogens is 1. The van der Waals surface area contributed by atoms with Crippen molar-refractivity contribution < 1.29 is 9.53 Å². The van der Waals surface area contributed by atoms with Crippen molar-refractivity contribution in [1.29, 1.82) is 0 Å². The minimum absolute atomic E-state index is 0. The molecule has 1 aliphatic rings. The van der Waals surface area contributed by atoms with Crippen LogP contribution in [0.5, 0.6) is 5.75 Å². The smallest absolute Gasteiger partial charge is 0.251 e. The van der Waals surface area contributed by atoms with Crippen molar-refractivity contribution in [1.82, 2.24) is 10.2 Å². The van der Waals surface area contributed by atoms with Crippen molar-refractivity contribution >= 4 is 18.3 Å². The van der Waals surface area contributed by atoms with Gasteiger partial charge in [-0.25, -0.2) is 0 Å². The molecule has 0 aliphatic carbocycles. The molecule has 5 heteroatoms. The van der Waals surface area contributed by atoms with Gasteiger partial charge in [0, 0.05) is 18.7 Å². The van der Waals surface area contributed by atoms with E-state index in [9.17, 15) is 4.79 Å². The molecule has 27 heavy (non-hydrogen) atoms. The highest BCUT2D eigenvalue weighted by molar-refractivity contribution is 5.94. The normalized spacial score (nSPS) is 15.0. The number of likely N-dealkylation sites (tertiary alicyclic amines) is 1. The SMILES string of the molecule is COc1ccc(C(=O)NCCN2CCC(Cc3ccccc3)CC2)cc1.Cl. The number of amides is 1. The van der Waals surface area contributed by atoms with Crippen LogP contribution in [-0.4, -0.2) is 44.1 Å². The third kappa shape index (κ3) is 6.56. The fraction of sp³-hybridized carbons (Fsp3) is 0.409. The number of carbonyl (C=O) groups is 1. The highest BCUT2D eigenvalue weighted by Gasteiger charge is 2.19. The lowest BCUT2D eigenvalue weighted by Crippen LogP contribution is -2.39. The minimum Gasteiger partial charge on any atom is -0.497 e. The number of piperidine rings is 1. The van der Waals surface area contributed by atoms with Crippen LogP contribution in [-0.2, 0) is 6.42 Å². The van der Waals surface area contributed by atoms with Crippen LogP contribution in [0.1, 0.15) is 28.8 Å². The van der Waals surface area contributed by atoms with E-state index in [-0.39, 0.29) is 18.3 Å². The van der Waals surface area contributed by atoms with Crippen molar-refractivity contribution in [3.05, 3.63) is 65.7 Å². The standard InChI is InChI=1S/C22H28N2O2.ClH/c1-26-21-9-7-20(8-10-21)22(25)23-13-16-24-14-11-19(12-15-24)17-18-5-3-2-4-6-18;/h2-10,19H,11-17H2,1H3,(H,23,25);1H. The first-order valence-corrected chi connectivity index (χ1v) is 9.43. The van der Waals surface area contributed by atoms with Gasteiger partial charge in [-0.05, 0) is 68.1 Å². The van der Waals surface area contributed by atoms with Gasteiger partial charge in [0.05, 0.1) is 7.11 Å². The Morgan fingerprint density at radius 2 is 1.74 bits per heavy atom. The van der Waals surface area contributed by atoms with Gasteiger partial charge in [0.25, 0.3) is 5.91 Å². The Morgan fingerprint density at radius 3 is 2.37 bits per heavy atom. The van der Waals surface area contributed by atoms with E-state index in [0.29, 0.717) is 12.1 Å². The Labute approximate surface area is 168 Å². The zero-order valence-electron chi connectivity index (χ0n) is 15.9. The number of hydrogen-bond donors (Lipinski definition) is 1. The van der Waals surface area contributed by atoms with E-state index in [1.54, 1.807) is 19.2 Å². The first-order chi connectivity index (χ1) is 12.7. The second kappa shape index (κ2) is 11.0. The molecule has 0 saturated carbocycles. The van der Waals surface area contributed by atoms with E-state index in [4.69, 9.17) is 4.74 Å². The molecular formula is C22H29ClN2O2. The Hall–Kier alpha value is -2.04. The quantitative estimate of drug-likeness (QED) is 0.784. The molecular weight excluding hydrogens is 360 g/mol. The van der Waals surface area contributed by atoms with Crippen LogP contribution in [0.2, 0.25) is 0 Å². The van der Waals surface area contributed by atoms with E-state index in [1.807, 2.05) is 12.1 Å². The van der Waals surface area contributed by atoms with Crippen LogP contribution < -0.4 is 10.1 Å². The third-order valence-corrected chi connectivity index (χ3v) is 5.14. The summed E-state index contributed by atoms with van der Waals surface area (Å²) >= 11 is 0. The molecule has 0 unspecified atom stereocenters. The van der Waals surface area contributed by atoms with Crippen molar-refractivity contribution in [3.63, 3.8) is 0 Å². The molecule has 0 atom stereocenters. The summed E-state index contributed by atoms with van der Waals surface area (Å²) in [7, 11) is 1.62. The highest BCUT2D eigenvalue weighted by Crippen LogP contribution is 2.21. The molecule has 2 aromatic carbocycles. The molecule has 1 N–H and O–H groups in total. The number of carbonyl (C=O) groups excluding carboxylic acids is 1. The van der Waals surface area contributed by atoms with Crippen molar-refractivity contribution in [3.8, 4) is 5.75 Å². The van der Waals surface area contributed by atoms with Crippen LogP contribution in [0.25, 0.3) is 0 Å². The monoisotopic (exact) mass is 388 g/mol. The van der Waals surface area contributed by atoms with Crippen LogP contribution in [0, 0.1) is 5.92 Å². The van der Waals surface area contributed by atoms with Crippen molar-refractivity contribution in [2.75, 3.05) is 33.3 Å². The van der Waals surface area contributed by atoms with Gasteiger partial charge in [0.2, 0.25) is 0 Å². The Balaban J connectivity index is 0.00000261. The molecule has 3 rings (SSSR count). The maximum atomic E-state index is 12.2. The van der Waals surface area contributed by atoms with Gasteiger partial charge < -0.3 is 15.0 Å². The fourth-order valence-electron chi connectivity index (χ4n) is 3.53. The van der Waals surface area contributed by atoms with Crippen LogP contribution in [0.3, 0.4) is 0 Å². The lowest BCUT2D eigenvalue weighted by Gasteiger charge is -2.32. The maximum Gasteiger partial charge on any atom is 0.251 e. The Bertz CT molecular complexity index is 683. The number of ether oxygens (including phenoxy) is 1. The fourth-order valence-corrected chi connectivity index (χ4v) is 3.53. The number of hydrogen-bond acceptors (Lipinski definition) is 3. The lowest BCUT2D eigenvalue weighted by molar-refractivity contribution is 0.0944. The van der Waals surface area contributed by atoms with E-state index in [0.717, 1.165) is 31.3 Å². The van der Waals surface area contributed by atoms with E-state index < -0.39 is 0 Å². The summed E-state index contributed by atoms with van der Waals surface area (Å²) in [4.78, 5) is 14.6. The summed E-state index contributed by atoms with van der Waals surface area (Å²) in [6.45, 7) is 3.85. The second-order valence-electron chi connectivity index (χ2n) is 6.96. The van der Waals surface area contributed by atoms with Gasteiger partial charge in [0.15, 0.2) is 0 Å². The number of methoxy groups -OCH3 is 1. The molecule has 0 bridgehead atoms. The molecule has 0 spiro atoms. The summed E-state index contributed by atoms with van der Waals surface area (Å²) in [5, 5.41) is 3.01. The molecule has 1 fully saturated rings. The minimum atomic E-state index is -0.0217. The van der Waals surface area contributed by atoms with E-state index in [2.05, 4.69) is 40.5 Å². The molecule has 0 radical (unpaired) electrons. The van der Waals surface area contributed by atoms with Gasteiger partial charge >= 0.3 is 0 Å². The van der Waals surface area contributed by atoms with Gasteiger partial charge in [0.1, 0.15) is 5.75 Å². The number of nitrogens with one attached hydrogen (secondary N) is 1. The number of rotatable bonds is 7. The first kappa shape index (κ1) is 21.3. The summed E-state index contributed by atoms with van der Waals surface area (Å²) in [5.41, 5.74) is 2.12. The van der Waals surface area contributed by atoms with Gasteiger partial charge in [-0.2, -0.15) is 0 Å². The molecule has 2 aromatic rings. The molecule has 0 aromatic heterocycles. The number of benzene rings is 2. The van der Waals surface area contributed by atoms with Crippen LogP contribution >= 0.6 is 12.4 Å². The van der Waals surface area contributed by atoms with Crippen LogP contribution in [0.4, 0.5) is 0 Å². The topological polar surface area (TPSA) is 41.6 Å². The molecule has 4 nitrogen and oxygen atoms in total. The molecule has 1 saturated heterocycles. The van der Waals surface area contributed by atoms with Crippen molar-refractivity contribution in [2.24, 2.45) is 5.92 Å². The zero-order valence-corrected chi connectivity index (χ0v) is 16.7. The second-order valence-corrected chi connectivity index (χ2v) is 6.96. The zero-order chi connectivity index (χ0) is 18.2. The third-order valence-electron chi connectivity index (χ3n) is 5.14. The first-order valence-electron chi connectivity index (χ1n) is 9.43. The summed E-state index contributed by atoms with van der Waals surface area (Å²) in [5.74, 6) is 1.52. The summed E-state index contributed by atoms with van der Waals surface area (Å²) in [6, 6.07) is 18.0. The van der Waals surface area contributed by atoms with Gasteiger partial charge in [-0.15, -0.1) is 12.4 Å². The largest absolute Gasteiger partial charge is 0.497 e. The molecule has 1 heterocycles. The summed E-state index contributed by atoms with van der Waals surface area (Å²) in [6.07, 6.45) is 3.66. The lowest BCUT2D eigenvalue weighted by atomic mass is 9.90. The average Bonchev–Trinajstić information content (AvgIpc) is 2.70. The summed E-state index contributed by atoms with van der Waals surface area (Å²) < 4.78 is 5.12. The van der Waals surface area contributed by atoms with Crippen LogP contribution in [0.15, 0.2) is 54.6 Å². The predicted octanol–water partition coefficient (Wildman–Crippen LogP) is 3.80. The van der Waals surface area contributed by atoms with Crippen molar-refractivity contribution in [2.45, 2.75) is 19.3 Å². The van der Waals surface area contributed by atoms with E-state index in [1.165, 1.54) is 24.8 Å². The number of nitrogens with zero attached hydrogens (tertiary/aromatic N) is 1. The predicted molar refractivity (Wildman–Crippen MR) is 112 cm³/mol. The molecule has 1 amide bonds. The maximum absolute atomic E-state index is 12.2. The Kier molecular flexibility index (Phi) is 8.62. The molecule has 1 aliphatic heterocycles. The van der Waals surface area contributed by atoms with E-state index >= 15 is 0 Å².